The van der Waals surface area contributed by atoms with E-state index in [-0.39, 0.29) is 0 Å². The molecule has 1 saturated heterocycles. The summed E-state index contributed by atoms with van der Waals surface area (Å²) in [6.07, 6.45) is 3.92. The molecule has 7 nitrogen and oxygen atoms in total. The molecule has 0 atom stereocenters. The van der Waals surface area contributed by atoms with Crippen molar-refractivity contribution in [3.63, 3.8) is 0 Å². The number of para-hydroxylation sites is 1. The topological polar surface area (TPSA) is 62.1 Å². The number of aryl methyl sites for hydroxylation is 2. The Morgan fingerprint density at radius 1 is 0.935 bits per heavy atom. The van der Waals surface area contributed by atoms with E-state index in [0.29, 0.717) is 5.95 Å². The second-order valence-electron chi connectivity index (χ2n) is 8.20. The van der Waals surface area contributed by atoms with Gasteiger partial charge in [-0.25, -0.2) is 9.97 Å². The summed E-state index contributed by atoms with van der Waals surface area (Å²) in [6, 6.07) is 14.7. The molecule has 7 heteroatoms. The van der Waals surface area contributed by atoms with Gasteiger partial charge in [-0.2, -0.15) is 5.10 Å². The molecule has 0 saturated carbocycles. The number of benzene rings is 2. The number of piperazine rings is 1. The van der Waals surface area contributed by atoms with Gasteiger partial charge in [0, 0.05) is 73.5 Å². The molecule has 1 fully saturated rings. The van der Waals surface area contributed by atoms with Crippen LogP contribution >= 0.6 is 0 Å². The molecule has 5 rings (SSSR count). The molecule has 0 unspecified atom stereocenters. The quantitative estimate of drug-likeness (QED) is 0.549. The molecule has 2 aromatic heterocycles. The van der Waals surface area contributed by atoms with E-state index in [1.54, 1.807) is 0 Å². The number of hydrogen-bond acceptors (Lipinski definition) is 6. The Kier molecular flexibility index (Phi) is 5.03. The number of fused-ring (bicyclic) bond motifs is 1. The fourth-order valence-corrected chi connectivity index (χ4v) is 4.17. The fraction of sp³-hybridized carbons (Fsp3) is 0.292. The van der Waals surface area contributed by atoms with E-state index in [4.69, 9.17) is 4.98 Å². The predicted molar refractivity (Wildman–Crippen MR) is 126 cm³/mol. The Labute approximate surface area is 182 Å². The third kappa shape index (κ3) is 3.96. The van der Waals surface area contributed by atoms with Crippen LogP contribution in [0.2, 0.25) is 0 Å². The van der Waals surface area contributed by atoms with Crippen molar-refractivity contribution in [3.8, 4) is 11.1 Å². The summed E-state index contributed by atoms with van der Waals surface area (Å²) in [6.45, 7) is 6.28. The van der Waals surface area contributed by atoms with Crippen LogP contribution < -0.4 is 10.2 Å². The van der Waals surface area contributed by atoms with Crippen LogP contribution in [-0.4, -0.2) is 57.9 Å². The van der Waals surface area contributed by atoms with E-state index < -0.39 is 0 Å². The van der Waals surface area contributed by atoms with E-state index in [1.165, 1.54) is 5.69 Å². The molecular formula is C24H27N7. The highest BCUT2D eigenvalue weighted by Gasteiger charge is 2.15. The highest BCUT2D eigenvalue weighted by Crippen LogP contribution is 2.30. The zero-order chi connectivity index (χ0) is 21.4. The standard InChI is InChI=1S/C24H27N7/c1-17-22(16-30(3)28-17)21-9-4-6-18-15-25-24(27-23(18)21)26-19-7-5-8-20(14-19)31-12-10-29(2)11-13-31/h4-9,14-16H,10-13H2,1-3H3,(H,25,26,27). The second-order valence-corrected chi connectivity index (χ2v) is 8.20. The maximum atomic E-state index is 4.87. The molecule has 3 heterocycles. The average Bonchev–Trinajstić information content (AvgIpc) is 3.11. The molecule has 4 aromatic rings. The summed E-state index contributed by atoms with van der Waals surface area (Å²) in [5.74, 6) is 0.594. The number of nitrogens with zero attached hydrogens (tertiary/aromatic N) is 6. The minimum absolute atomic E-state index is 0.594. The van der Waals surface area contributed by atoms with E-state index in [9.17, 15) is 0 Å². The molecular weight excluding hydrogens is 386 g/mol. The van der Waals surface area contributed by atoms with Crippen LogP contribution in [0, 0.1) is 6.92 Å². The van der Waals surface area contributed by atoms with Crippen LogP contribution in [0.1, 0.15) is 5.69 Å². The maximum absolute atomic E-state index is 4.87. The summed E-state index contributed by atoms with van der Waals surface area (Å²) in [5.41, 5.74) is 6.29. The average molecular weight is 414 g/mol. The Morgan fingerprint density at radius 3 is 2.52 bits per heavy atom. The molecule has 1 N–H and O–H groups in total. The summed E-state index contributed by atoms with van der Waals surface area (Å²) in [5, 5.41) is 8.91. The zero-order valence-corrected chi connectivity index (χ0v) is 18.2. The Balaban J connectivity index is 1.46. The smallest absolute Gasteiger partial charge is 0.227 e. The van der Waals surface area contributed by atoms with Crippen molar-refractivity contribution in [2.24, 2.45) is 7.05 Å². The Morgan fingerprint density at radius 2 is 1.74 bits per heavy atom. The maximum Gasteiger partial charge on any atom is 0.227 e. The first-order valence-electron chi connectivity index (χ1n) is 10.6. The summed E-state index contributed by atoms with van der Waals surface area (Å²) < 4.78 is 1.84. The zero-order valence-electron chi connectivity index (χ0n) is 18.2. The molecule has 1 aliphatic rings. The van der Waals surface area contributed by atoms with Gasteiger partial charge in [-0.1, -0.05) is 24.3 Å². The van der Waals surface area contributed by atoms with Crippen molar-refractivity contribution in [2.75, 3.05) is 43.4 Å². The van der Waals surface area contributed by atoms with E-state index in [2.05, 4.69) is 62.6 Å². The van der Waals surface area contributed by atoms with E-state index in [1.807, 2.05) is 43.2 Å². The van der Waals surface area contributed by atoms with E-state index in [0.717, 1.165) is 59.6 Å². The van der Waals surface area contributed by atoms with Gasteiger partial charge in [0.1, 0.15) is 0 Å². The van der Waals surface area contributed by atoms with Crippen molar-refractivity contribution < 1.29 is 0 Å². The van der Waals surface area contributed by atoms with Crippen LogP contribution in [0.25, 0.3) is 22.0 Å². The van der Waals surface area contributed by atoms with Crippen LogP contribution in [-0.2, 0) is 7.05 Å². The normalized spacial score (nSPS) is 14.9. The van der Waals surface area contributed by atoms with Gasteiger partial charge in [0.15, 0.2) is 0 Å². The first-order chi connectivity index (χ1) is 15.1. The summed E-state index contributed by atoms with van der Waals surface area (Å²) in [4.78, 5) is 14.2. The SMILES string of the molecule is Cc1nn(C)cc1-c1cccc2cnc(Nc3cccc(N4CCN(C)CC4)c3)nc12. The van der Waals surface area contributed by atoms with Gasteiger partial charge in [0.05, 0.1) is 11.2 Å². The molecule has 0 bridgehead atoms. The number of nitrogens with one attached hydrogen (secondary N) is 1. The van der Waals surface area contributed by atoms with Crippen LogP contribution in [0.3, 0.4) is 0 Å². The highest BCUT2D eigenvalue weighted by atomic mass is 15.3. The lowest BCUT2D eigenvalue weighted by Crippen LogP contribution is -2.44. The molecule has 2 aromatic carbocycles. The van der Waals surface area contributed by atoms with Crippen molar-refractivity contribution in [1.29, 1.82) is 0 Å². The summed E-state index contributed by atoms with van der Waals surface area (Å²) >= 11 is 0. The Bertz CT molecular complexity index is 1220. The minimum atomic E-state index is 0.594. The number of likely N-dealkylation sites (N-methyl/N-ethyl adjacent to an activating group) is 1. The van der Waals surface area contributed by atoms with Gasteiger partial charge >= 0.3 is 0 Å². The van der Waals surface area contributed by atoms with Crippen molar-refractivity contribution in [3.05, 3.63) is 60.6 Å². The number of anilines is 3. The lowest BCUT2D eigenvalue weighted by atomic mass is 10.0. The van der Waals surface area contributed by atoms with Crippen LogP contribution in [0.15, 0.2) is 54.9 Å². The van der Waals surface area contributed by atoms with Crippen molar-refractivity contribution >= 4 is 28.2 Å². The van der Waals surface area contributed by atoms with Crippen molar-refractivity contribution in [1.82, 2.24) is 24.6 Å². The van der Waals surface area contributed by atoms with Crippen LogP contribution in [0.4, 0.5) is 17.3 Å². The number of hydrogen-bond donors (Lipinski definition) is 1. The highest BCUT2D eigenvalue weighted by molar-refractivity contribution is 5.94. The first kappa shape index (κ1) is 19.5. The van der Waals surface area contributed by atoms with Crippen molar-refractivity contribution in [2.45, 2.75) is 6.92 Å². The molecule has 0 spiro atoms. The third-order valence-corrected chi connectivity index (χ3v) is 5.89. The molecule has 0 radical (unpaired) electrons. The van der Waals surface area contributed by atoms with Gasteiger partial charge in [-0.15, -0.1) is 0 Å². The van der Waals surface area contributed by atoms with Gasteiger partial charge < -0.3 is 15.1 Å². The lowest BCUT2D eigenvalue weighted by molar-refractivity contribution is 0.313. The van der Waals surface area contributed by atoms with Crippen LogP contribution in [0.5, 0.6) is 0 Å². The van der Waals surface area contributed by atoms with Gasteiger partial charge in [-0.3, -0.25) is 4.68 Å². The lowest BCUT2D eigenvalue weighted by Gasteiger charge is -2.34. The minimum Gasteiger partial charge on any atom is -0.369 e. The molecule has 31 heavy (non-hydrogen) atoms. The Hall–Kier alpha value is -3.45. The van der Waals surface area contributed by atoms with Gasteiger partial charge in [-0.05, 0) is 32.2 Å². The largest absolute Gasteiger partial charge is 0.369 e. The monoisotopic (exact) mass is 413 g/mol. The third-order valence-electron chi connectivity index (χ3n) is 5.89. The second kappa shape index (κ2) is 8.00. The fourth-order valence-electron chi connectivity index (χ4n) is 4.17. The number of rotatable bonds is 4. The van der Waals surface area contributed by atoms with Gasteiger partial charge in [0.2, 0.25) is 5.95 Å². The number of aromatic nitrogens is 4. The molecule has 0 amide bonds. The molecule has 1 aliphatic heterocycles. The van der Waals surface area contributed by atoms with Gasteiger partial charge in [0.25, 0.3) is 0 Å². The predicted octanol–water partition coefficient (Wildman–Crippen LogP) is 3.83. The van der Waals surface area contributed by atoms with E-state index >= 15 is 0 Å². The summed E-state index contributed by atoms with van der Waals surface area (Å²) in [7, 11) is 4.12. The molecule has 0 aliphatic carbocycles. The molecule has 158 valence electrons. The first-order valence-corrected chi connectivity index (χ1v) is 10.6.